The van der Waals surface area contributed by atoms with Gasteiger partial charge in [-0.1, -0.05) is 0 Å². The van der Waals surface area contributed by atoms with E-state index in [9.17, 15) is 18.0 Å². The molecule has 0 saturated carbocycles. The van der Waals surface area contributed by atoms with Crippen LogP contribution in [-0.4, -0.2) is 40.4 Å². The van der Waals surface area contributed by atoms with E-state index in [1.807, 2.05) is 0 Å². The van der Waals surface area contributed by atoms with Crippen molar-refractivity contribution in [3.63, 3.8) is 0 Å². The van der Waals surface area contributed by atoms with Crippen molar-refractivity contribution in [2.75, 3.05) is 25.5 Å². The van der Waals surface area contributed by atoms with Crippen molar-refractivity contribution in [2.45, 2.75) is 13.0 Å². The fourth-order valence-electron chi connectivity index (χ4n) is 2.72. The minimum Gasteiger partial charge on any atom is -0.360 e. The third-order valence-corrected chi connectivity index (χ3v) is 5.35. The van der Waals surface area contributed by atoms with Gasteiger partial charge >= 0.3 is 5.69 Å². The van der Waals surface area contributed by atoms with E-state index in [0.29, 0.717) is 5.56 Å². The highest BCUT2D eigenvalue weighted by molar-refractivity contribution is 7.15. The first-order chi connectivity index (χ1) is 13.8. The summed E-state index contributed by atoms with van der Waals surface area (Å²) in [7, 11) is 3.41. The van der Waals surface area contributed by atoms with Crippen LogP contribution >= 0.6 is 11.3 Å². The zero-order valence-electron chi connectivity index (χ0n) is 15.7. The van der Waals surface area contributed by atoms with Crippen LogP contribution in [0.1, 0.15) is 10.7 Å². The first-order valence-corrected chi connectivity index (χ1v) is 9.41. The quantitative estimate of drug-likeness (QED) is 0.608. The largest absolute Gasteiger partial charge is 0.360 e. The average molecular weight is 424 g/mol. The molecule has 0 radical (unpaired) electrons. The predicted molar refractivity (Wildman–Crippen MR) is 106 cm³/mol. The molecule has 0 unspecified atom stereocenters. The van der Waals surface area contributed by atoms with E-state index >= 15 is 0 Å². The number of hydrogen-bond donors (Lipinski definition) is 2. The van der Waals surface area contributed by atoms with E-state index in [1.54, 1.807) is 37.3 Å². The number of H-pyrrole nitrogens is 1. The van der Waals surface area contributed by atoms with Crippen molar-refractivity contribution in [3.8, 4) is 10.4 Å². The number of anilines is 1. The zero-order chi connectivity index (χ0) is 21.1. The molecule has 0 saturated heterocycles. The maximum absolute atomic E-state index is 14.2. The summed E-state index contributed by atoms with van der Waals surface area (Å²) in [6, 6.07) is 4.98. The summed E-state index contributed by atoms with van der Waals surface area (Å²) in [6.45, 7) is -0.180. The van der Waals surface area contributed by atoms with E-state index in [1.165, 1.54) is 22.0 Å². The summed E-state index contributed by atoms with van der Waals surface area (Å²) in [6.07, 6.45) is -0.522. The lowest BCUT2D eigenvalue weighted by atomic mass is 10.2. The van der Waals surface area contributed by atoms with Gasteiger partial charge < -0.3 is 10.6 Å². The molecule has 3 N–H and O–H groups in total. The number of pyridine rings is 1. The molecule has 0 bridgehead atoms. The summed E-state index contributed by atoms with van der Waals surface area (Å²) < 4.78 is 41.2. The molecule has 3 heterocycles. The number of halogens is 3. The summed E-state index contributed by atoms with van der Waals surface area (Å²) in [5, 5.41) is 6.11. The highest BCUT2D eigenvalue weighted by Gasteiger charge is 2.15. The van der Waals surface area contributed by atoms with Gasteiger partial charge in [-0.15, -0.1) is 11.3 Å². The topological polar surface area (TPSA) is 92.8 Å². The summed E-state index contributed by atoms with van der Waals surface area (Å²) in [4.78, 5) is 19.3. The lowest BCUT2D eigenvalue weighted by molar-refractivity contribution is 0.407. The van der Waals surface area contributed by atoms with E-state index in [4.69, 9.17) is 5.73 Å². The van der Waals surface area contributed by atoms with Gasteiger partial charge in [-0.3, -0.25) is 4.57 Å². The van der Waals surface area contributed by atoms with Crippen LogP contribution in [0.4, 0.5) is 19.0 Å². The lowest BCUT2D eigenvalue weighted by Gasteiger charge is -2.12. The van der Waals surface area contributed by atoms with Crippen LogP contribution in [0.2, 0.25) is 0 Å². The normalized spacial score (nSPS) is 11.0. The Morgan fingerprint density at radius 1 is 1.34 bits per heavy atom. The second kappa shape index (κ2) is 8.62. The number of hydrogen-bond acceptors (Lipinski definition) is 6. The Labute approximate surface area is 168 Å². The second-order valence-corrected chi connectivity index (χ2v) is 7.63. The minimum absolute atomic E-state index is 0.146. The van der Waals surface area contributed by atoms with Crippen LogP contribution in [-0.2, 0) is 13.0 Å². The molecule has 3 aromatic rings. The molecule has 0 aromatic carbocycles. The highest BCUT2D eigenvalue weighted by atomic mass is 32.1. The molecule has 0 amide bonds. The molecule has 0 spiro atoms. The summed E-state index contributed by atoms with van der Waals surface area (Å²) in [5.41, 5.74) is 5.16. The van der Waals surface area contributed by atoms with Crippen LogP contribution in [0, 0.1) is 5.82 Å². The molecule has 0 atom stereocenters. The van der Waals surface area contributed by atoms with Gasteiger partial charge in [0.25, 0.3) is 6.08 Å². The van der Waals surface area contributed by atoms with Crippen molar-refractivity contribution >= 4 is 17.2 Å². The molecular formula is C18H19F3N6OS. The van der Waals surface area contributed by atoms with Gasteiger partial charge in [-0.25, -0.2) is 19.3 Å². The molecule has 3 aromatic heterocycles. The van der Waals surface area contributed by atoms with Crippen molar-refractivity contribution in [3.05, 3.63) is 63.1 Å². The fourth-order valence-corrected chi connectivity index (χ4v) is 3.70. The molecule has 154 valence electrons. The fraction of sp³-hybridized carbons (Fsp3) is 0.278. The van der Waals surface area contributed by atoms with E-state index in [0.717, 1.165) is 9.75 Å². The summed E-state index contributed by atoms with van der Waals surface area (Å²) >= 11 is 1.35. The first-order valence-electron chi connectivity index (χ1n) is 8.59. The van der Waals surface area contributed by atoms with Gasteiger partial charge in [-0.2, -0.15) is 13.9 Å². The SMILES string of the molecule is CN(C)c1ncc(-c2ccc(Cn3c(CC(CN)=C(F)F)n[nH]c3=O)s2)cc1F. The van der Waals surface area contributed by atoms with E-state index < -0.39 is 17.6 Å². The predicted octanol–water partition coefficient (Wildman–Crippen LogP) is 2.60. The van der Waals surface area contributed by atoms with Crippen LogP contribution in [0.3, 0.4) is 0 Å². The Morgan fingerprint density at radius 3 is 2.72 bits per heavy atom. The number of thiophene rings is 1. The third kappa shape index (κ3) is 4.57. The van der Waals surface area contributed by atoms with Gasteiger partial charge in [0.05, 0.1) is 6.54 Å². The van der Waals surface area contributed by atoms with Crippen molar-refractivity contribution in [1.82, 2.24) is 19.7 Å². The molecule has 3 rings (SSSR count). The maximum Gasteiger partial charge on any atom is 0.343 e. The molecular weight excluding hydrogens is 405 g/mol. The number of nitrogens with two attached hydrogens (primary N) is 1. The molecule has 29 heavy (non-hydrogen) atoms. The molecule has 7 nitrogen and oxygen atoms in total. The molecule has 0 aliphatic rings. The molecule has 11 heteroatoms. The number of aromatic amines is 1. The molecule has 0 fully saturated rings. The number of nitrogens with zero attached hydrogens (tertiary/aromatic N) is 4. The van der Waals surface area contributed by atoms with Crippen LogP contribution in [0.25, 0.3) is 10.4 Å². The average Bonchev–Trinajstić information content (AvgIpc) is 3.27. The van der Waals surface area contributed by atoms with Crippen LogP contribution < -0.4 is 16.3 Å². The molecule has 0 aliphatic carbocycles. The van der Waals surface area contributed by atoms with Gasteiger partial charge in [0.2, 0.25) is 0 Å². The monoisotopic (exact) mass is 424 g/mol. The number of aromatic nitrogens is 4. The summed E-state index contributed by atoms with van der Waals surface area (Å²) in [5.74, 6) is -0.0321. The van der Waals surface area contributed by atoms with Gasteiger partial charge in [0.1, 0.15) is 5.82 Å². The van der Waals surface area contributed by atoms with Crippen molar-refractivity contribution in [1.29, 1.82) is 0 Å². The maximum atomic E-state index is 14.2. The van der Waals surface area contributed by atoms with Crippen molar-refractivity contribution < 1.29 is 13.2 Å². The Bertz CT molecular complexity index is 1100. The first kappa shape index (κ1) is 20.8. The minimum atomic E-state index is -1.87. The highest BCUT2D eigenvalue weighted by Crippen LogP contribution is 2.30. The Morgan fingerprint density at radius 2 is 2.10 bits per heavy atom. The van der Waals surface area contributed by atoms with Gasteiger partial charge in [0.15, 0.2) is 11.6 Å². The van der Waals surface area contributed by atoms with Gasteiger partial charge in [-0.05, 0) is 18.2 Å². The zero-order valence-corrected chi connectivity index (χ0v) is 16.6. The van der Waals surface area contributed by atoms with Crippen LogP contribution in [0.15, 0.2) is 40.8 Å². The van der Waals surface area contributed by atoms with Crippen LogP contribution in [0.5, 0.6) is 0 Å². The smallest absolute Gasteiger partial charge is 0.343 e. The third-order valence-electron chi connectivity index (χ3n) is 4.23. The number of nitrogens with one attached hydrogen (secondary N) is 1. The van der Waals surface area contributed by atoms with E-state index in [-0.39, 0.29) is 36.7 Å². The van der Waals surface area contributed by atoms with E-state index in [2.05, 4.69) is 15.2 Å². The molecule has 0 aliphatic heterocycles. The Balaban J connectivity index is 1.85. The Kier molecular flexibility index (Phi) is 6.18. The Hall–Kier alpha value is -2.92. The standard InChI is InChI=1S/C18H19F3N6OS/c1-26(2)17-13(19)5-11(8-23-17)14-4-3-12(29-14)9-27-15(24-25-18(27)28)6-10(7-22)16(20)21/h3-5,8H,6-7,9,22H2,1-2H3,(H,25,28). The van der Waals surface area contributed by atoms with Crippen molar-refractivity contribution in [2.24, 2.45) is 5.73 Å². The second-order valence-electron chi connectivity index (χ2n) is 6.47. The number of rotatable bonds is 7. The lowest BCUT2D eigenvalue weighted by Crippen LogP contribution is -2.20. The van der Waals surface area contributed by atoms with Gasteiger partial charge in [0, 0.05) is 54.1 Å².